The van der Waals surface area contributed by atoms with Crippen LogP contribution >= 0.6 is 36.2 Å². The summed E-state index contributed by atoms with van der Waals surface area (Å²) in [4.78, 5) is 17.6. The maximum Gasteiger partial charge on any atom is 0.241 e. The van der Waals surface area contributed by atoms with Crippen molar-refractivity contribution in [2.75, 3.05) is 6.61 Å². The molecule has 0 saturated heterocycles. The van der Waals surface area contributed by atoms with Crippen molar-refractivity contribution >= 4 is 42.1 Å². The van der Waals surface area contributed by atoms with Crippen molar-refractivity contribution in [3.63, 3.8) is 0 Å². The lowest BCUT2D eigenvalue weighted by Crippen LogP contribution is -2.75. The number of nitrogens with zero attached hydrogens (tertiary/aromatic N) is 1. The minimum absolute atomic E-state index is 0. The fraction of sp³-hybridized carbons (Fsp3) is 0.714. The van der Waals surface area contributed by atoms with Crippen LogP contribution in [0.5, 0.6) is 0 Å². The molecule has 0 spiro atoms. The summed E-state index contributed by atoms with van der Waals surface area (Å²) in [5.74, 6) is -0.107. The van der Waals surface area contributed by atoms with Gasteiger partial charge in [0, 0.05) is 29.5 Å². The first-order valence-electron chi connectivity index (χ1n) is 6.91. The van der Waals surface area contributed by atoms with E-state index in [1.54, 1.807) is 17.5 Å². The number of thiazole rings is 1. The lowest BCUT2D eigenvalue weighted by atomic mass is 9.54. The molecular weight excluding hydrogens is 345 g/mol. The Bertz CT molecular complexity index is 510. The number of aryl methyl sites for hydroxylation is 1. The van der Waals surface area contributed by atoms with Gasteiger partial charge in [0.1, 0.15) is 5.54 Å². The van der Waals surface area contributed by atoms with Crippen molar-refractivity contribution in [3.05, 3.63) is 16.1 Å². The molecular formula is C14H25Cl2N3O2S. The van der Waals surface area contributed by atoms with E-state index in [0.29, 0.717) is 19.6 Å². The minimum atomic E-state index is -0.855. The van der Waals surface area contributed by atoms with Crippen LogP contribution in [0.25, 0.3) is 0 Å². The summed E-state index contributed by atoms with van der Waals surface area (Å²) in [5, 5.41) is 3.92. The van der Waals surface area contributed by atoms with Crippen LogP contribution in [-0.2, 0) is 16.1 Å². The highest BCUT2D eigenvalue weighted by Gasteiger charge is 2.62. The molecule has 22 heavy (non-hydrogen) atoms. The maximum atomic E-state index is 12.4. The van der Waals surface area contributed by atoms with Crippen LogP contribution in [0.2, 0.25) is 0 Å². The molecule has 3 N–H and O–H groups in total. The average molecular weight is 370 g/mol. The number of nitrogens with one attached hydrogen (secondary N) is 1. The molecule has 0 aliphatic heterocycles. The van der Waals surface area contributed by atoms with E-state index in [1.165, 1.54) is 0 Å². The van der Waals surface area contributed by atoms with Crippen LogP contribution in [0.15, 0.2) is 6.20 Å². The van der Waals surface area contributed by atoms with Crippen molar-refractivity contribution < 1.29 is 9.53 Å². The molecule has 1 aliphatic carbocycles. The third kappa shape index (κ3) is 3.74. The summed E-state index contributed by atoms with van der Waals surface area (Å²) in [6.07, 6.45) is 2.41. The monoisotopic (exact) mass is 369 g/mol. The number of amides is 1. The van der Waals surface area contributed by atoms with Crippen molar-refractivity contribution in [1.82, 2.24) is 10.3 Å². The topological polar surface area (TPSA) is 77.2 Å². The molecule has 8 heteroatoms. The zero-order chi connectivity index (χ0) is 15.0. The lowest BCUT2D eigenvalue weighted by molar-refractivity contribution is -0.170. The number of rotatable bonds is 5. The fourth-order valence-electron chi connectivity index (χ4n) is 2.63. The van der Waals surface area contributed by atoms with Crippen LogP contribution in [0.3, 0.4) is 0 Å². The Hall–Kier alpha value is -0.400. The first kappa shape index (κ1) is 21.6. The van der Waals surface area contributed by atoms with E-state index < -0.39 is 5.54 Å². The first-order valence-corrected chi connectivity index (χ1v) is 7.73. The SMILES string of the molecule is CCOC1CC(N)(C(=O)NCc2cnc(C)s2)C1(C)C.Cl.Cl. The summed E-state index contributed by atoms with van der Waals surface area (Å²) >= 11 is 1.58. The molecule has 1 amide bonds. The Kier molecular flexibility index (Phi) is 7.78. The van der Waals surface area contributed by atoms with Crippen molar-refractivity contribution in [2.45, 2.75) is 52.3 Å². The molecule has 1 aliphatic rings. The van der Waals surface area contributed by atoms with E-state index >= 15 is 0 Å². The summed E-state index contributed by atoms with van der Waals surface area (Å²) in [5.41, 5.74) is 5.10. The van der Waals surface area contributed by atoms with E-state index in [1.807, 2.05) is 27.7 Å². The van der Waals surface area contributed by atoms with Crippen LogP contribution < -0.4 is 11.1 Å². The van der Waals surface area contributed by atoms with E-state index in [0.717, 1.165) is 9.88 Å². The second-order valence-electron chi connectivity index (χ2n) is 5.87. The van der Waals surface area contributed by atoms with Gasteiger partial charge < -0.3 is 15.8 Å². The quantitative estimate of drug-likeness (QED) is 0.835. The van der Waals surface area contributed by atoms with Crippen LogP contribution in [0, 0.1) is 12.3 Å². The van der Waals surface area contributed by atoms with Gasteiger partial charge in [-0.2, -0.15) is 0 Å². The number of ether oxygens (including phenoxy) is 1. The summed E-state index contributed by atoms with van der Waals surface area (Å²) in [6.45, 7) is 9.02. The highest BCUT2D eigenvalue weighted by molar-refractivity contribution is 7.11. The molecule has 2 atom stereocenters. The van der Waals surface area contributed by atoms with Gasteiger partial charge in [-0.15, -0.1) is 36.2 Å². The molecule has 128 valence electrons. The van der Waals surface area contributed by atoms with Crippen molar-refractivity contribution in [1.29, 1.82) is 0 Å². The van der Waals surface area contributed by atoms with Crippen molar-refractivity contribution in [2.24, 2.45) is 11.1 Å². The molecule has 1 heterocycles. The zero-order valence-electron chi connectivity index (χ0n) is 13.3. The second kappa shape index (κ2) is 7.93. The molecule has 0 radical (unpaired) electrons. The molecule has 2 unspecified atom stereocenters. The number of hydrogen-bond acceptors (Lipinski definition) is 5. The number of nitrogens with two attached hydrogens (primary N) is 1. The van der Waals surface area contributed by atoms with Gasteiger partial charge in [0.15, 0.2) is 0 Å². The Balaban J connectivity index is 0.00000220. The highest BCUT2D eigenvalue weighted by Crippen LogP contribution is 2.49. The number of aromatic nitrogens is 1. The molecule has 0 aromatic carbocycles. The third-order valence-corrected chi connectivity index (χ3v) is 5.24. The molecule has 2 rings (SSSR count). The van der Waals surface area contributed by atoms with Gasteiger partial charge in [0.25, 0.3) is 0 Å². The average Bonchev–Trinajstić information content (AvgIpc) is 2.81. The Morgan fingerprint density at radius 1 is 1.55 bits per heavy atom. The van der Waals surface area contributed by atoms with E-state index in [-0.39, 0.29) is 42.2 Å². The molecule has 0 bridgehead atoms. The number of hydrogen-bond donors (Lipinski definition) is 2. The summed E-state index contributed by atoms with van der Waals surface area (Å²) in [7, 11) is 0. The van der Waals surface area contributed by atoms with Crippen LogP contribution in [0.1, 0.15) is 37.1 Å². The summed E-state index contributed by atoms with van der Waals surface area (Å²) < 4.78 is 5.64. The van der Waals surface area contributed by atoms with E-state index in [4.69, 9.17) is 10.5 Å². The van der Waals surface area contributed by atoms with Gasteiger partial charge in [-0.3, -0.25) is 4.79 Å². The van der Waals surface area contributed by atoms with E-state index in [2.05, 4.69) is 10.3 Å². The molecule has 1 aromatic heterocycles. The number of carbonyl (C=O) groups excluding carboxylic acids is 1. The number of carbonyl (C=O) groups is 1. The fourth-order valence-corrected chi connectivity index (χ4v) is 3.37. The smallest absolute Gasteiger partial charge is 0.241 e. The number of halogens is 2. The molecule has 1 saturated carbocycles. The maximum absolute atomic E-state index is 12.4. The standard InChI is InChI=1S/C14H23N3O2S.2ClH/c1-5-19-11-6-14(15,13(11,3)4)12(18)17-8-10-7-16-9(2)20-10;;/h7,11H,5-6,8,15H2,1-4H3,(H,17,18);2*1H. The molecule has 1 fully saturated rings. The van der Waals surface area contributed by atoms with Gasteiger partial charge in [-0.25, -0.2) is 4.98 Å². The van der Waals surface area contributed by atoms with Gasteiger partial charge in [-0.05, 0) is 13.8 Å². The molecule has 1 aromatic rings. The van der Waals surface area contributed by atoms with Crippen LogP contribution in [-0.4, -0.2) is 29.1 Å². The zero-order valence-corrected chi connectivity index (χ0v) is 15.8. The largest absolute Gasteiger partial charge is 0.378 e. The Morgan fingerprint density at radius 3 is 2.64 bits per heavy atom. The minimum Gasteiger partial charge on any atom is -0.378 e. The summed E-state index contributed by atoms with van der Waals surface area (Å²) in [6, 6.07) is 0. The van der Waals surface area contributed by atoms with Gasteiger partial charge in [0.2, 0.25) is 5.91 Å². The highest BCUT2D eigenvalue weighted by atomic mass is 35.5. The Labute approximate surface area is 148 Å². The predicted molar refractivity (Wildman–Crippen MR) is 93.9 cm³/mol. The van der Waals surface area contributed by atoms with Crippen LogP contribution in [0.4, 0.5) is 0 Å². The van der Waals surface area contributed by atoms with Gasteiger partial charge in [0.05, 0.1) is 17.7 Å². The first-order chi connectivity index (χ1) is 9.31. The predicted octanol–water partition coefficient (Wildman–Crippen LogP) is 2.44. The second-order valence-corrected chi connectivity index (χ2v) is 7.19. The normalized spacial score (nSPS) is 25.4. The molecule has 5 nitrogen and oxygen atoms in total. The van der Waals surface area contributed by atoms with Crippen molar-refractivity contribution in [3.8, 4) is 0 Å². The van der Waals surface area contributed by atoms with Gasteiger partial charge >= 0.3 is 0 Å². The lowest BCUT2D eigenvalue weighted by Gasteiger charge is -2.57. The Morgan fingerprint density at radius 2 is 2.18 bits per heavy atom. The van der Waals surface area contributed by atoms with Gasteiger partial charge in [-0.1, -0.05) is 13.8 Å². The third-order valence-electron chi connectivity index (χ3n) is 4.33. The van der Waals surface area contributed by atoms with E-state index in [9.17, 15) is 4.79 Å².